The third-order valence-corrected chi connectivity index (χ3v) is 6.80. The van der Waals surface area contributed by atoms with Gasteiger partial charge in [0.15, 0.2) is 0 Å². The molecule has 1 unspecified atom stereocenters. The second-order valence-corrected chi connectivity index (χ2v) is 8.90. The molecule has 148 valence electrons. The SMILES string of the molecule is CN1CC2(CCNCC2)CC1C(=O)NCc1ccc(CN2CCCC2)cc1. The lowest BCUT2D eigenvalue weighted by Crippen LogP contribution is -2.41. The highest BCUT2D eigenvalue weighted by Crippen LogP contribution is 2.41. The van der Waals surface area contributed by atoms with Gasteiger partial charge in [0, 0.05) is 19.6 Å². The molecule has 3 aliphatic rings. The van der Waals surface area contributed by atoms with E-state index >= 15 is 0 Å². The van der Waals surface area contributed by atoms with E-state index < -0.39 is 0 Å². The molecule has 0 aliphatic carbocycles. The molecule has 0 radical (unpaired) electrons. The summed E-state index contributed by atoms with van der Waals surface area (Å²) in [6, 6.07) is 8.78. The minimum absolute atomic E-state index is 0.0255. The zero-order valence-electron chi connectivity index (χ0n) is 16.7. The monoisotopic (exact) mass is 370 g/mol. The molecule has 2 N–H and O–H groups in total. The van der Waals surface area contributed by atoms with Gasteiger partial charge < -0.3 is 10.6 Å². The molecule has 3 heterocycles. The van der Waals surface area contributed by atoms with E-state index in [4.69, 9.17) is 0 Å². The minimum atomic E-state index is 0.0255. The average Bonchev–Trinajstić information content (AvgIpc) is 3.29. The van der Waals surface area contributed by atoms with Gasteiger partial charge in [0.2, 0.25) is 5.91 Å². The summed E-state index contributed by atoms with van der Waals surface area (Å²) in [7, 11) is 2.11. The van der Waals surface area contributed by atoms with Crippen LogP contribution >= 0.6 is 0 Å². The highest BCUT2D eigenvalue weighted by molar-refractivity contribution is 5.82. The van der Waals surface area contributed by atoms with E-state index in [9.17, 15) is 4.79 Å². The van der Waals surface area contributed by atoms with Crippen LogP contribution < -0.4 is 10.6 Å². The molecule has 3 saturated heterocycles. The van der Waals surface area contributed by atoms with Gasteiger partial charge in [0.25, 0.3) is 0 Å². The van der Waals surface area contributed by atoms with Gasteiger partial charge in [-0.25, -0.2) is 0 Å². The van der Waals surface area contributed by atoms with E-state index in [1.54, 1.807) is 0 Å². The Hall–Kier alpha value is -1.43. The Bertz CT molecular complexity index is 632. The van der Waals surface area contributed by atoms with Crippen molar-refractivity contribution in [3.05, 3.63) is 35.4 Å². The van der Waals surface area contributed by atoms with Crippen molar-refractivity contribution in [2.75, 3.05) is 39.8 Å². The molecule has 0 aromatic heterocycles. The number of nitrogens with zero attached hydrogens (tertiary/aromatic N) is 2. The normalized spacial score (nSPS) is 25.9. The Labute approximate surface area is 163 Å². The van der Waals surface area contributed by atoms with E-state index in [1.165, 1.54) is 49.9 Å². The van der Waals surface area contributed by atoms with Crippen LogP contribution in [0.15, 0.2) is 24.3 Å². The zero-order valence-corrected chi connectivity index (χ0v) is 16.7. The van der Waals surface area contributed by atoms with Gasteiger partial charge in [-0.15, -0.1) is 0 Å². The summed E-state index contributed by atoms with van der Waals surface area (Å²) >= 11 is 0. The summed E-state index contributed by atoms with van der Waals surface area (Å²) in [6.45, 7) is 7.36. The van der Waals surface area contributed by atoms with Crippen molar-refractivity contribution in [1.82, 2.24) is 20.4 Å². The second kappa shape index (κ2) is 8.29. The quantitative estimate of drug-likeness (QED) is 0.832. The van der Waals surface area contributed by atoms with E-state index in [0.29, 0.717) is 12.0 Å². The van der Waals surface area contributed by atoms with Gasteiger partial charge in [0.1, 0.15) is 0 Å². The molecule has 0 saturated carbocycles. The van der Waals surface area contributed by atoms with Crippen molar-refractivity contribution in [3.63, 3.8) is 0 Å². The van der Waals surface area contributed by atoms with Crippen molar-refractivity contribution in [2.24, 2.45) is 5.41 Å². The first kappa shape index (κ1) is 18.9. The summed E-state index contributed by atoms with van der Waals surface area (Å²) in [6.07, 6.45) is 6.06. The summed E-state index contributed by atoms with van der Waals surface area (Å²) in [5.41, 5.74) is 2.90. The molecule has 1 aromatic rings. The summed E-state index contributed by atoms with van der Waals surface area (Å²) in [5.74, 6) is 0.189. The topological polar surface area (TPSA) is 47.6 Å². The minimum Gasteiger partial charge on any atom is -0.351 e. The highest BCUT2D eigenvalue weighted by Gasteiger charge is 2.45. The van der Waals surface area contributed by atoms with Gasteiger partial charge in [-0.1, -0.05) is 24.3 Å². The molecule has 1 spiro atoms. The Morgan fingerprint density at radius 3 is 2.52 bits per heavy atom. The standard InChI is InChI=1S/C22H34N4O/c1-25-17-22(8-10-23-11-9-22)14-20(25)21(27)24-15-18-4-6-19(7-5-18)16-26-12-2-3-13-26/h4-7,20,23H,2-3,8-17H2,1H3,(H,24,27). The van der Waals surface area contributed by atoms with Gasteiger partial charge in [-0.3, -0.25) is 14.6 Å². The first-order chi connectivity index (χ1) is 13.1. The smallest absolute Gasteiger partial charge is 0.237 e. The number of piperidine rings is 1. The average molecular weight is 371 g/mol. The number of rotatable bonds is 5. The highest BCUT2D eigenvalue weighted by atomic mass is 16.2. The molecule has 27 heavy (non-hydrogen) atoms. The van der Waals surface area contributed by atoms with Crippen LogP contribution in [0.25, 0.3) is 0 Å². The van der Waals surface area contributed by atoms with Crippen molar-refractivity contribution in [2.45, 2.75) is 51.2 Å². The summed E-state index contributed by atoms with van der Waals surface area (Å²) in [5, 5.41) is 6.63. The molecule has 1 aromatic carbocycles. The maximum Gasteiger partial charge on any atom is 0.237 e. The van der Waals surface area contributed by atoms with Crippen molar-refractivity contribution in [3.8, 4) is 0 Å². The fourth-order valence-electron chi connectivity index (χ4n) is 5.15. The van der Waals surface area contributed by atoms with Crippen LogP contribution in [0.2, 0.25) is 0 Å². The van der Waals surface area contributed by atoms with E-state index in [1.807, 2.05) is 0 Å². The number of carbonyl (C=O) groups is 1. The van der Waals surface area contributed by atoms with Crippen LogP contribution in [-0.2, 0) is 17.9 Å². The van der Waals surface area contributed by atoms with Crippen molar-refractivity contribution >= 4 is 5.91 Å². The summed E-state index contributed by atoms with van der Waals surface area (Å²) < 4.78 is 0. The van der Waals surface area contributed by atoms with Crippen LogP contribution in [0.3, 0.4) is 0 Å². The molecule has 5 heteroatoms. The predicted molar refractivity (Wildman–Crippen MR) is 108 cm³/mol. The second-order valence-electron chi connectivity index (χ2n) is 8.90. The predicted octanol–water partition coefficient (Wildman–Crippen LogP) is 1.97. The number of benzene rings is 1. The number of hydrogen-bond acceptors (Lipinski definition) is 4. The van der Waals surface area contributed by atoms with Gasteiger partial charge in [-0.05, 0) is 81.9 Å². The molecule has 5 nitrogen and oxygen atoms in total. The maximum atomic E-state index is 12.8. The molecule has 0 bridgehead atoms. The third kappa shape index (κ3) is 4.53. The molecule has 1 amide bonds. The van der Waals surface area contributed by atoms with Crippen molar-refractivity contribution < 1.29 is 4.79 Å². The lowest BCUT2D eigenvalue weighted by molar-refractivity contribution is -0.125. The molecule has 3 fully saturated rings. The zero-order chi connectivity index (χ0) is 18.7. The number of carbonyl (C=O) groups excluding carboxylic acids is 1. The first-order valence-corrected chi connectivity index (χ1v) is 10.6. The number of likely N-dealkylation sites (tertiary alicyclic amines) is 2. The molecular weight excluding hydrogens is 336 g/mol. The van der Waals surface area contributed by atoms with Crippen LogP contribution in [0.4, 0.5) is 0 Å². The molecule has 1 atom stereocenters. The Morgan fingerprint density at radius 1 is 1.15 bits per heavy atom. The summed E-state index contributed by atoms with van der Waals surface area (Å²) in [4.78, 5) is 17.6. The number of nitrogens with one attached hydrogen (secondary N) is 2. The van der Waals surface area contributed by atoms with Crippen LogP contribution in [0, 0.1) is 5.41 Å². The Kier molecular flexibility index (Phi) is 5.81. The van der Waals surface area contributed by atoms with Gasteiger partial charge >= 0.3 is 0 Å². The molecule has 3 aliphatic heterocycles. The number of amides is 1. The lowest BCUT2D eigenvalue weighted by Gasteiger charge is -2.33. The van der Waals surface area contributed by atoms with Gasteiger partial charge in [0.05, 0.1) is 6.04 Å². The number of likely N-dealkylation sites (N-methyl/N-ethyl adjacent to an activating group) is 1. The lowest BCUT2D eigenvalue weighted by atomic mass is 9.77. The largest absolute Gasteiger partial charge is 0.351 e. The fourth-order valence-corrected chi connectivity index (χ4v) is 5.15. The Balaban J connectivity index is 1.27. The first-order valence-electron chi connectivity index (χ1n) is 10.6. The van der Waals surface area contributed by atoms with Crippen LogP contribution in [0.5, 0.6) is 0 Å². The van der Waals surface area contributed by atoms with Crippen molar-refractivity contribution in [1.29, 1.82) is 0 Å². The van der Waals surface area contributed by atoms with Crippen LogP contribution in [-0.4, -0.2) is 61.5 Å². The van der Waals surface area contributed by atoms with E-state index in [0.717, 1.165) is 32.6 Å². The van der Waals surface area contributed by atoms with Crippen LogP contribution in [0.1, 0.15) is 43.2 Å². The maximum absolute atomic E-state index is 12.8. The molecule has 4 rings (SSSR count). The Morgan fingerprint density at radius 2 is 1.81 bits per heavy atom. The third-order valence-electron chi connectivity index (χ3n) is 6.80. The fraction of sp³-hybridized carbons (Fsp3) is 0.682. The molecular formula is C22H34N4O. The van der Waals surface area contributed by atoms with E-state index in [2.05, 4.69) is 51.7 Å². The number of hydrogen-bond donors (Lipinski definition) is 2. The van der Waals surface area contributed by atoms with E-state index in [-0.39, 0.29) is 11.9 Å². The van der Waals surface area contributed by atoms with Gasteiger partial charge in [-0.2, -0.15) is 0 Å².